The first kappa shape index (κ1) is 11.8. The van der Waals surface area contributed by atoms with Gasteiger partial charge in [-0.25, -0.2) is 0 Å². The number of hydrogen-bond acceptors (Lipinski definition) is 2. The molecule has 1 rings (SSSR count). The second kappa shape index (κ2) is 3.72. The average Bonchev–Trinajstić information content (AvgIpc) is 2.08. The smallest absolute Gasteiger partial charge is 0.167 e. The highest BCUT2D eigenvalue weighted by Crippen LogP contribution is 2.43. The molecule has 1 N–H and O–H groups in total. The fraction of sp³-hybridized carbons (Fsp3) is 0.909. The van der Waals surface area contributed by atoms with Crippen LogP contribution in [0.5, 0.6) is 0 Å². The fourth-order valence-corrected chi connectivity index (χ4v) is 2.40. The minimum atomic E-state index is -1.30. The Morgan fingerprint density at radius 2 is 2.07 bits per heavy atom. The standard InChI is InChI=1S/C11H18ClNO/c1-10(2,3)8-4-5-11(14,7-13)9(12)6-8/h8-9,14H,4-6H2,1-3H3. The highest BCUT2D eigenvalue weighted by Gasteiger charge is 2.44. The summed E-state index contributed by atoms with van der Waals surface area (Å²) in [5.41, 5.74) is -1.09. The van der Waals surface area contributed by atoms with E-state index in [1.165, 1.54) is 0 Å². The Morgan fingerprint density at radius 1 is 1.50 bits per heavy atom. The number of hydrogen-bond donors (Lipinski definition) is 1. The molecule has 3 unspecified atom stereocenters. The second-order valence-electron chi connectivity index (χ2n) is 5.34. The Labute approximate surface area is 90.9 Å². The Balaban J connectivity index is 2.70. The molecule has 0 aromatic rings. The van der Waals surface area contributed by atoms with Crippen LogP contribution >= 0.6 is 11.6 Å². The molecule has 3 atom stereocenters. The van der Waals surface area contributed by atoms with E-state index < -0.39 is 11.0 Å². The maximum Gasteiger partial charge on any atom is 0.167 e. The van der Waals surface area contributed by atoms with Crippen molar-refractivity contribution in [3.63, 3.8) is 0 Å². The number of halogens is 1. The van der Waals surface area contributed by atoms with Gasteiger partial charge in [-0.1, -0.05) is 20.8 Å². The molecular weight excluding hydrogens is 198 g/mol. The highest BCUT2D eigenvalue weighted by atomic mass is 35.5. The predicted molar refractivity (Wildman–Crippen MR) is 57.0 cm³/mol. The van der Waals surface area contributed by atoms with Crippen LogP contribution in [0.25, 0.3) is 0 Å². The second-order valence-corrected chi connectivity index (χ2v) is 5.87. The topological polar surface area (TPSA) is 44.0 Å². The summed E-state index contributed by atoms with van der Waals surface area (Å²) in [5.74, 6) is 0.499. The molecule has 0 heterocycles. The SMILES string of the molecule is CC(C)(C)C1CCC(O)(C#N)C(Cl)C1. The van der Waals surface area contributed by atoms with Gasteiger partial charge in [-0.2, -0.15) is 5.26 Å². The molecule has 0 aliphatic heterocycles. The number of nitrogens with zero attached hydrogens (tertiary/aromatic N) is 1. The van der Waals surface area contributed by atoms with Gasteiger partial charge in [-0.05, 0) is 30.6 Å². The van der Waals surface area contributed by atoms with Crippen molar-refractivity contribution in [2.45, 2.75) is 51.0 Å². The number of rotatable bonds is 0. The van der Waals surface area contributed by atoms with Gasteiger partial charge in [0, 0.05) is 0 Å². The quantitative estimate of drug-likeness (QED) is 0.499. The van der Waals surface area contributed by atoms with Crippen LogP contribution in [0.4, 0.5) is 0 Å². The van der Waals surface area contributed by atoms with Crippen molar-refractivity contribution in [2.75, 3.05) is 0 Å². The lowest BCUT2D eigenvalue weighted by Crippen LogP contribution is -2.45. The Morgan fingerprint density at radius 3 is 2.43 bits per heavy atom. The van der Waals surface area contributed by atoms with Gasteiger partial charge in [0.2, 0.25) is 0 Å². The Bertz CT molecular complexity index is 253. The molecule has 1 fully saturated rings. The summed E-state index contributed by atoms with van der Waals surface area (Å²) in [7, 11) is 0. The van der Waals surface area contributed by atoms with Crippen LogP contribution in [-0.2, 0) is 0 Å². The minimum Gasteiger partial charge on any atom is -0.374 e. The van der Waals surface area contributed by atoms with Gasteiger partial charge in [0.15, 0.2) is 5.60 Å². The van der Waals surface area contributed by atoms with Crippen LogP contribution in [0.2, 0.25) is 0 Å². The van der Waals surface area contributed by atoms with E-state index in [1.807, 2.05) is 6.07 Å². The number of aliphatic hydroxyl groups is 1. The van der Waals surface area contributed by atoms with Crippen molar-refractivity contribution in [3.8, 4) is 6.07 Å². The summed E-state index contributed by atoms with van der Waals surface area (Å²) in [6.45, 7) is 6.54. The zero-order valence-corrected chi connectivity index (χ0v) is 9.80. The molecule has 80 valence electrons. The lowest BCUT2D eigenvalue weighted by atomic mass is 9.68. The van der Waals surface area contributed by atoms with Gasteiger partial charge in [0.25, 0.3) is 0 Å². The van der Waals surface area contributed by atoms with Gasteiger partial charge in [0.1, 0.15) is 0 Å². The maximum absolute atomic E-state index is 9.84. The summed E-state index contributed by atoms with van der Waals surface area (Å²) in [6.07, 6.45) is 2.12. The zero-order chi connectivity index (χ0) is 11.0. The Kier molecular flexibility index (Phi) is 3.13. The lowest BCUT2D eigenvalue weighted by molar-refractivity contribution is 0.0239. The molecule has 0 radical (unpaired) electrons. The van der Waals surface area contributed by atoms with E-state index in [0.29, 0.717) is 12.3 Å². The molecular formula is C11H18ClNO. The first-order chi connectivity index (χ1) is 6.29. The van der Waals surface area contributed by atoms with E-state index in [9.17, 15) is 5.11 Å². The van der Waals surface area contributed by atoms with Crippen LogP contribution in [0, 0.1) is 22.7 Å². The third-order valence-corrected chi connectivity index (χ3v) is 3.84. The fourth-order valence-electron chi connectivity index (χ4n) is 2.03. The maximum atomic E-state index is 9.84. The average molecular weight is 216 g/mol. The summed E-state index contributed by atoms with van der Waals surface area (Å²) in [5, 5.41) is 18.2. The first-order valence-electron chi connectivity index (χ1n) is 5.07. The van der Waals surface area contributed by atoms with E-state index in [1.54, 1.807) is 0 Å². The molecule has 14 heavy (non-hydrogen) atoms. The highest BCUT2D eigenvalue weighted by molar-refractivity contribution is 6.21. The molecule has 0 bridgehead atoms. The van der Waals surface area contributed by atoms with E-state index >= 15 is 0 Å². The van der Waals surface area contributed by atoms with Crippen LogP contribution in [0.15, 0.2) is 0 Å². The zero-order valence-electron chi connectivity index (χ0n) is 9.05. The molecule has 0 spiro atoms. The number of nitriles is 1. The van der Waals surface area contributed by atoms with Gasteiger partial charge < -0.3 is 5.11 Å². The normalized spacial score (nSPS) is 39.1. The third kappa shape index (κ3) is 2.21. The summed E-state index contributed by atoms with van der Waals surface area (Å²) < 4.78 is 0. The van der Waals surface area contributed by atoms with Gasteiger partial charge in [-0.15, -0.1) is 11.6 Å². The lowest BCUT2D eigenvalue weighted by Gasteiger charge is -2.41. The molecule has 0 amide bonds. The molecule has 1 aliphatic rings. The van der Waals surface area contributed by atoms with Gasteiger partial charge in [0.05, 0.1) is 11.4 Å². The van der Waals surface area contributed by atoms with Crippen molar-refractivity contribution in [3.05, 3.63) is 0 Å². The first-order valence-corrected chi connectivity index (χ1v) is 5.51. The summed E-state index contributed by atoms with van der Waals surface area (Å²) in [4.78, 5) is 0. The van der Waals surface area contributed by atoms with Gasteiger partial charge >= 0.3 is 0 Å². The van der Waals surface area contributed by atoms with Crippen molar-refractivity contribution in [2.24, 2.45) is 11.3 Å². The van der Waals surface area contributed by atoms with E-state index in [-0.39, 0.29) is 5.41 Å². The Hall–Kier alpha value is -0.260. The van der Waals surface area contributed by atoms with E-state index in [4.69, 9.17) is 16.9 Å². The minimum absolute atomic E-state index is 0.212. The largest absolute Gasteiger partial charge is 0.374 e. The molecule has 1 saturated carbocycles. The van der Waals surface area contributed by atoms with Crippen LogP contribution in [0.3, 0.4) is 0 Å². The van der Waals surface area contributed by atoms with Crippen LogP contribution < -0.4 is 0 Å². The van der Waals surface area contributed by atoms with E-state index in [2.05, 4.69) is 20.8 Å². The predicted octanol–water partition coefficient (Wildman–Crippen LogP) is 2.69. The summed E-state index contributed by atoms with van der Waals surface area (Å²) >= 11 is 6.05. The van der Waals surface area contributed by atoms with Crippen molar-refractivity contribution >= 4 is 11.6 Å². The summed E-state index contributed by atoms with van der Waals surface area (Å²) in [6, 6.07) is 1.93. The van der Waals surface area contributed by atoms with Crippen molar-refractivity contribution < 1.29 is 5.11 Å². The molecule has 1 aliphatic carbocycles. The molecule has 0 aromatic heterocycles. The molecule has 3 heteroatoms. The molecule has 2 nitrogen and oxygen atoms in total. The van der Waals surface area contributed by atoms with Crippen LogP contribution in [-0.4, -0.2) is 16.1 Å². The number of alkyl halides is 1. The molecule has 0 aromatic carbocycles. The van der Waals surface area contributed by atoms with Crippen molar-refractivity contribution in [1.29, 1.82) is 5.26 Å². The van der Waals surface area contributed by atoms with Gasteiger partial charge in [-0.3, -0.25) is 0 Å². The third-order valence-electron chi connectivity index (χ3n) is 3.30. The van der Waals surface area contributed by atoms with E-state index in [0.717, 1.165) is 12.8 Å². The van der Waals surface area contributed by atoms with Crippen LogP contribution in [0.1, 0.15) is 40.0 Å². The monoisotopic (exact) mass is 215 g/mol. The molecule has 0 saturated heterocycles. The van der Waals surface area contributed by atoms with Crippen molar-refractivity contribution in [1.82, 2.24) is 0 Å².